The average Bonchev–Trinajstić information content (AvgIpc) is 2.52. The molecular formula is C23H32O4S2. The molecule has 0 atom stereocenters. The molecule has 0 saturated heterocycles. The Hall–Kier alpha value is -1.66. The summed E-state index contributed by atoms with van der Waals surface area (Å²) in [6.07, 6.45) is 0.291. The van der Waals surface area contributed by atoms with Gasteiger partial charge in [0.25, 0.3) is 0 Å². The normalized spacial score (nSPS) is 13.5. The smallest absolute Gasteiger partial charge is 0.184 e. The van der Waals surface area contributed by atoms with Gasteiger partial charge in [-0.25, -0.2) is 16.8 Å². The SMILES string of the molecule is Cc1ccc(S(=O)(=O)C(C)(C)Cc2ccc(S(=O)(=O)C(C)(C)C)c(C)c2)c(C)c1. The topological polar surface area (TPSA) is 68.3 Å². The van der Waals surface area contributed by atoms with Gasteiger partial charge in [0.15, 0.2) is 19.7 Å². The number of hydrogen-bond donors (Lipinski definition) is 0. The summed E-state index contributed by atoms with van der Waals surface area (Å²) < 4.78 is 50.3. The van der Waals surface area contributed by atoms with E-state index in [9.17, 15) is 16.8 Å². The van der Waals surface area contributed by atoms with Gasteiger partial charge in [-0.05, 0) is 90.6 Å². The first-order valence-corrected chi connectivity index (χ1v) is 12.6. The molecule has 0 N–H and O–H groups in total. The van der Waals surface area contributed by atoms with Gasteiger partial charge in [0.05, 0.1) is 19.3 Å². The molecule has 29 heavy (non-hydrogen) atoms. The Balaban J connectivity index is 2.44. The predicted octanol–water partition coefficient (Wildman–Crippen LogP) is 4.98. The summed E-state index contributed by atoms with van der Waals surface area (Å²) in [4.78, 5) is 0.639. The molecule has 0 radical (unpaired) electrons. The summed E-state index contributed by atoms with van der Waals surface area (Å²) in [6.45, 7) is 14.0. The molecule has 0 fully saturated rings. The van der Waals surface area contributed by atoms with E-state index in [4.69, 9.17) is 0 Å². The maximum Gasteiger partial charge on any atom is 0.184 e. The minimum absolute atomic E-state index is 0.291. The van der Waals surface area contributed by atoms with Crippen molar-refractivity contribution in [3.8, 4) is 0 Å². The van der Waals surface area contributed by atoms with Crippen molar-refractivity contribution < 1.29 is 16.8 Å². The number of sulfone groups is 2. The molecule has 0 aromatic heterocycles. The van der Waals surface area contributed by atoms with Crippen LogP contribution >= 0.6 is 0 Å². The van der Waals surface area contributed by atoms with Crippen molar-refractivity contribution in [1.29, 1.82) is 0 Å². The van der Waals surface area contributed by atoms with E-state index < -0.39 is 29.2 Å². The second-order valence-corrected chi connectivity index (χ2v) is 14.6. The molecule has 0 spiro atoms. The fraction of sp³-hybridized carbons (Fsp3) is 0.478. The molecule has 0 aliphatic heterocycles. The molecule has 160 valence electrons. The Bertz CT molecular complexity index is 1130. The van der Waals surface area contributed by atoms with E-state index in [0.29, 0.717) is 21.8 Å². The lowest BCUT2D eigenvalue weighted by molar-refractivity contribution is 0.542. The quantitative estimate of drug-likeness (QED) is 0.663. The lowest BCUT2D eigenvalue weighted by Gasteiger charge is -2.27. The van der Waals surface area contributed by atoms with Gasteiger partial charge < -0.3 is 0 Å². The van der Waals surface area contributed by atoms with Crippen LogP contribution in [0.15, 0.2) is 46.2 Å². The van der Waals surface area contributed by atoms with Crippen LogP contribution in [0.4, 0.5) is 0 Å². The lowest BCUT2D eigenvalue weighted by Crippen LogP contribution is -2.35. The van der Waals surface area contributed by atoms with E-state index in [1.54, 1.807) is 65.8 Å². The third-order valence-corrected chi connectivity index (χ3v) is 10.6. The molecular weight excluding hydrogens is 404 g/mol. The first-order chi connectivity index (χ1) is 13.0. The van der Waals surface area contributed by atoms with Crippen LogP contribution in [0.2, 0.25) is 0 Å². The minimum Gasteiger partial charge on any atom is -0.223 e. The zero-order valence-electron chi connectivity index (χ0n) is 18.6. The van der Waals surface area contributed by atoms with Crippen molar-refractivity contribution in [1.82, 2.24) is 0 Å². The van der Waals surface area contributed by atoms with Crippen LogP contribution in [0.3, 0.4) is 0 Å². The van der Waals surface area contributed by atoms with E-state index in [2.05, 4.69) is 0 Å². The second-order valence-electron chi connectivity index (χ2n) is 9.42. The van der Waals surface area contributed by atoms with Crippen molar-refractivity contribution >= 4 is 19.7 Å². The van der Waals surface area contributed by atoms with Gasteiger partial charge >= 0.3 is 0 Å². The first-order valence-electron chi connectivity index (χ1n) is 9.67. The minimum atomic E-state index is -3.58. The van der Waals surface area contributed by atoms with Crippen molar-refractivity contribution in [2.24, 2.45) is 0 Å². The first kappa shape index (κ1) is 23.6. The highest BCUT2D eigenvalue weighted by Crippen LogP contribution is 2.33. The standard InChI is InChI=1S/C23H32O4S2/c1-16-9-11-21(17(2)13-16)29(26,27)23(7,8)15-19-10-12-20(18(3)14-19)28(24,25)22(4,5)6/h9-14H,15H2,1-8H3. The van der Waals surface area contributed by atoms with Gasteiger partial charge in [-0.2, -0.15) is 0 Å². The summed E-state index contributed by atoms with van der Waals surface area (Å²) in [5, 5.41) is 0. The van der Waals surface area contributed by atoms with E-state index in [1.165, 1.54) is 0 Å². The van der Waals surface area contributed by atoms with Gasteiger partial charge in [-0.15, -0.1) is 0 Å². The zero-order valence-corrected chi connectivity index (χ0v) is 20.3. The molecule has 2 aromatic carbocycles. The van der Waals surface area contributed by atoms with Crippen molar-refractivity contribution in [3.05, 3.63) is 58.7 Å². The Morgan fingerprint density at radius 2 is 1.17 bits per heavy atom. The summed E-state index contributed by atoms with van der Waals surface area (Å²) in [5.74, 6) is 0. The van der Waals surface area contributed by atoms with Gasteiger partial charge in [0.2, 0.25) is 0 Å². The van der Waals surface area contributed by atoms with E-state index in [-0.39, 0.29) is 0 Å². The molecule has 4 nitrogen and oxygen atoms in total. The summed E-state index contributed by atoms with van der Waals surface area (Å²) >= 11 is 0. The summed E-state index contributed by atoms with van der Waals surface area (Å²) in [7, 11) is -7.04. The average molecular weight is 437 g/mol. The fourth-order valence-corrected chi connectivity index (χ4v) is 6.51. The monoisotopic (exact) mass is 436 g/mol. The highest BCUT2D eigenvalue weighted by atomic mass is 32.2. The number of aryl methyl sites for hydroxylation is 3. The Morgan fingerprint density at radius 1 is 0.690 bits per heavy atom. The highest BCUT2D eigenvalue weighted by Gasteiger charge is 2.37. The number of rotatable bonds is 5. The van der Waals surface area contributed by atoms with Crippen LogP contribution in [0.25, 0.3) is 0 Å². The molecule has 2 rings (SSSR count). The zero-order chi connectivity index (χ0) is 22.4. The molecule has 6 heteroatoms. The molecule has 0 saturated carbocycles. The Labute approximate surface area is 176 Å². The van der Waals surface area contributed by atoms with E-state index in [0.717, 1.165) is 16.7 Å². The Morgan fingerprint density at radius 3 is 1.66 bits per heavy atom. The summed E-state index contributed by atoms with van der Waals surface area (Å²) in [5.41, 5.74) is 3.19. The molecule has 0 aliphatic carbocycles. The Kier molecular flexibility index (Phi) is 6.15. The predicted molar refractivity (Wildman–Crippen MR) is 119 cm³/mol. The summed E-state index contributed by atoms with van der Waals surface area (Å²) in [6, 6.07) is 10.5. The van der Waals surface area contributed by atoms with Crippen LogP contribution in [0.1, 0.15) is 56.9 Å². The third-order valence-electron chi connectivity index (χ3n) is 5.31. The number of benzene rings is 2. The molecule has 0 aliphatic rings. The van der Waals surface area contributed by atoms with Crippen LogP contribution in [0.5, 0.6) is 0 Å². The van der Waals surface area contributed by atoms with Gasteiger partial charge in [-0.3, -0.25) is 0 Å². The maximum atomic E-state index is 13.3. The van der Waals surface area contributed by atoms with Gasteiger partial charge in [0.1, 0.15) is 0 Å². The van der Waals surface area contributed by atoms with Crippen molar-refractivity contribution in [2.45, 2.75) is 81.1 Å². The van der Waals surface area contributed by atoms with E-state index in [1.807, 2.05) is 26.0 Å². The number of hydrogen-bond acceptors (Lipinski definition) is 4. The van der Waals surface area contributed by atoms with E-state index >= 15 is 0 Å². The maximum absolute atomic E-state index is 13.3. The van der Waals surface area contributed by atoms with Gasteiger partial charge in [-0.1, -0.05) is 29.8 Å². The lowest BCUT2D eigenvalue weighted by atomic mass is 10.0. The highest BCUT2D eigenvalue weighted by molar-refractivity contribution is 7.93. The third kappa shape index (κ3) is 4.43. The van der Waals surface area contributed by atoms with Crippen molar-refractivity contribution in [3.63, 3.8) is 0 Å². The van der Waals surface area contributed by atoms with Crippen LogP contribution in [-0.4, -0.2) is 26.3 Å². The van der Waals surface area contributed by atoms with Gasteiger partial charge in [0, 0.05) is 0 Å². The molecule has 0 bridgehead atoms. The van der Waals surface area contributed by atoms with Crippen LogP contribution < -0.4 is 0 Å². The molecule has 0 heterocycles. The molecule has 0 unspecified atom stereocenters. The molecule has 2 aromatic rings. The largest absolute Gasteiger partial charge is 0.223 e. The van der Waals surface area contributed by atoms with Crippen LogP contribution in [0, 0.1) is 20.8 Å². The molecule has 0 amide bonds. The van der Waals surface area contributed by atoms with Crippen molar-refractivity contribution in [2.75, 3.05) is 0 Å². The second kappa shape index (κ2) is 7.55. The van der Waals surface area contributed by atoms with Crippen LogP contribution in [-0.2, 0) is 26.1 Å². The fourth-order valence-electron chi connectivity index (χ4n) is 3.44.